The Balaban J connectivity index is 1.24. The van der Waals surface area contributed by atoms with Gasteiger partial charge in [0.1, 0.15) is 0 Å². The van der Waals surface area contributed by atoms with Crippen LogP contribution in [0.4, 0.5) is 11.4 Å². The molecule has 0 fully saturated rings. The van der Waals surface area contributed by atoms with Gasteiger partial charge in [0, 0.05) is 43.1 Å². The lowest BCUT2D eigenvalue weighted by Crippen LogP contribution is -2.34. The number of hydrogen-bond acceptors (Lipinski definition) is 3. The molecule has 3 nitrogen and oxygen atoms in total. The second kappa shape index (κ2) is 15.9. The van der Waals surface area contributed by atoms with Gasteiger partial charge in [0.2, 0.25) is 0 Å². The molecule has 0 radical (unpaired) electrons. The molecule has 3 heteroatoms. The van der Waals surface area contributed by atoms with Gasteiger partial charge in [-0.1, -0.05) is 153 Å². The minimum Gasteiger partial charge on any atom is -0.370 e. The minimum atomic E-state index is -0.0143. The monoisotopic (exact) mass is 729 g/mol. The van der Waals surface area contributed by atoms with Gasteiger partial charge in [-0.05, 0) is 110 Å². The standard InChI is InChI=1S/C53H51N3/c1-7-17-37(8-2)43-22-15-23-44(32-43)53(41-19-11-10-12-20-41)54-35-56(6)50-33-42(36(4)51-38(9-3)26-27-39-18-13-14-24-45(39)51)28-30-46(50)47-25-16-21-40-29-31-49-48(52(40)47)34-55(49)5/h7-8,10-33,53-54H,4,9,34-35H2,1-3,5-6H3/b17-7-,37-8+. The van der Waals surface area contributed by atoms with Crippen LogP contribution in [0.2, 0.25) is 0 Å². The number of hydrogen-bond donors (Lipinski definition) is 1. The van der Waals surface area contributed by atoms with Crippen LogP contribution in [0, 0.1) is 0 Å². The number of benzene rings is 7. The third kappa shape index (κ3) is 6.84. The molecule has 1 unspecified atom stereocenters. The van der Waals surface area contributed by atoms with E-state index in [0.29, 0.717) is 6.67 Å². The van der Waals surface area contributed by atoms with E-state index in [1.807, 2.05) is 0 Å². The molecule has 0 amide bonds. The van der Waals surface area contributed by atoms with Crippen LogP contribution in [0.5, 0.6) is 0 Å². The van der Waals surface area contributed by atoms with Gasteiger partial charge in [0.05, 0.1) is 12.7 Å². The number of nitrogens with zero attached hydrogens (tertiary/aromatic N) is 2. The van der Waals surface area contributed by atoms with E-state index in [-0.39, 0.29) is 6.04 Å². The van der Waals surface area contributed by atoms with Gasteiger partial charge in [-0.2, -0.15) is 0 Å². The van der Waals surface area contributed by atoms with Gasteiger partial charge >= 0.3 is 0 Å². The smallest absolute Gasteiger partial charge is 0.0686 e. The number of nitrogens with one attached hydrogen (secondary N) is 1. The third-order valence-corrected chi connectivity index (χ3v) is 11.6. The van der Waals surface area contributed by atoms with Gasteiger partial charge in [-0.3, -0.25) is 5.32 Å². The van der Waals surface area contributed by atoms with Crippen LogP contribution in [-0.4, -0.2) is 20.8 Å². The van der Waals surface area contributed by atoms with Crippen molar-refractivity contribution in [2.24, 2.45) is 0 Å². The van der Waals surface area contributed by atoms with E-state index in [4.69, 9.17) is 6.58 Å². The summed E-state index contributed by atoms with van der Waals surface area (Å²) < 4.78 is 0. The van der Waals surface area contributed by atoms with E-state index in [2.05, 4.69) is 208 Å². The van der Waals surface area contributed by atoms with Gasteiger partial charge in [0.15, 0.2) is 0 Å². The Morgan fingerprint density at radius 2 is 1.52 bits per heavy atom. The summed E-state index contributed by atoms with van der Waals surface area (Å²) in [5, 5.41) is 9.11. The Labute approximate surface area is 332 Å². The Morgan fingerprint density at radius 1 is 0.768 bits per heavy atom. The van der Waals surface area contributed by atoms with Crippen molar-refractivity contribution in [1.29, 1.82) is 0 Å². The average molecular weight is 730 g/mol. The predicted octanol–water partition coefficient (Wildman–Crippen LogP) is 13.0. The van der Waals surface area contributed by atoms with Crippen LogP contribution in [0.3, 0.4) is 0 Å². The predicted molar refractivity (Wildman–Crippen MR) is 243 cm³/mol. The second-order valence-corrected chi connectivity index (χ2v) is 15.0. The number of allylic oxidation sites excluding steroid dienone is 4. The van der Waals surface area contributed by atoms with Crippen molar-refractivity contribution in [2.75, 3.05) is 30.6 Å². The summed E-state index contributed by atoms with van der Waals surface area (Å²) in [6, 6.07) is 51.2. The maximum absolute atomic E-state index is 4.80. The molecule has 1 atom stereocenters. The Kier molecular flexibility index (Phi) is 10.4. The largest absolute Gasteiger partial charge is 0.370 e. The minimum absolute atomic E-state index is 0.0143. The Bertz CT molecular complexity index is 2630. The molecule has 0 spiro atoms. The molecule has 1 aliphatic rings. The third-order valence-electron chi connectivity index (χ3n) is 11.6. The number of aryl methyl sites for hydroxylation is 1. The Morgan fingerprint density at radius 3 is 2.30 bits per heavy atom. The first kappa shape index (κ1) is 36.8. The molecule has 0 aliphatic carbocycles. The van der Waals surface area contributed by atoms with E-state index in [1.165, 1.54) is 77.3 Å². The van der Waals surface area contributed by atoms with Crippen molar-refractivity contribution in [3.8, 4) is 11.1 Å². The van der Waals surface area contributed by atoms with E-state index in [1.54, 1.807) is 0 Å². The van der Waals surface area contributed by atoms with Crippen molar-refractivity contribution in [2.45, 2.75) is 39.8 Å². The fourth-order valence-corrected chi connectivity index (χ4v) is 8.61. The fourth-order valence-electron chi connectivity index (χ4n) is 8.61. The first-order valence-electron chi connectivity index (χ1n) is 19.9. The molecule has 7 aromatic carbocycles. The van der Waals surface area contributed by atoms with Crippen LogP contribution in [0.25, 0.3) is 43.8 Å². The summed E-state index contributed by atoms with van der Waals surface area (Å²) in [7, 11) is 4.39. The van der Waals surface area contributed by atoms with Crippen LogP contribution in [0.1, 0.15) is 65.8 Å². The molecular weight excluding hydrogens is 679 g/mol. The molecular formula is C53H51N3. The SMILES string of the molecule is C=C(c1ccc(-c2cccc3ccc4c(c23)CN4C)c(N(C)CNC(c2ccccc2)c2cccc(C(/C=C\C)=C/C)c2)c1)c1c(CC)ccc2ccccc12. The maximum atomic E-state index is 4.80. The van der Waals surface area contributed by atoms with E-state index in [0.717, 1.165) is 29.8 Å². The zero-order valence-electron chi connectivity index (χ0n) is 33.3. The van der Waals surface area contributed by atoms with E-state index >= 15 is 0 Å². The average Bonchev–Trinajstić information content (AvgIpc) is 3.24. The normalized spacial score (nSPS) is 13.2. The molecule has 1 heterocycles. The first-order valence-corrected chi connectivity index (χ1v) is 19.9. The number of fused-ring (bicyclic) bond motifs is 4. The molecule has 7 aromatic rings. The second-order valence-electron chi connectivity index (χ2n) is 15.0. The Hall–Kier alpha value is -6.16. The number of anilines is 2. The molecule has 1 N–H and O–H groups in total. The van der Waals surface area contributed by atoms with Gasteiger partial charge in [-0.15, -0.1) is 0 Å². The van der Waals surface area contributed by atoms with E-state index in [9.17, 15) is 0 Å². The van der Waals surface area contributed by atoms with Crippen LogP contribution < -0.4 is 15.1 Å². The lowest BCUT2D eigenvalue weighted by molar-refractivity contribution is 0.602. The number of rotatable bonds is 12. The summed E-state index contributed by atoms with van der Waals surface area (Å²) >= 11 is 0. The van der Waals surface area contributed by atoms with Crippen LogP contribution in [-0.2, 0) is 13.0 Å². The van der Waals surface area contributed by atoms with Crippen molar-refractivity contribution >= 4 is 44.1 Å². The lowest BCUT2D eigenvalue weighted by Gasteiger charge is -2.34. The highest BCUT2D eigenvalue weighted by molar-refractivity contribution is 6.06. The molecule has 0 aromatic heterocycles. The summed E-state index contributed by atoms with van der Waals surface area (Å²) in [4.78, 5) is 4.72. The molecule has 0 bridgehead atoms. The van der Waals surface area contributed by atoms with Gasteiger partial charge in [-0.25, -0.2) is 0 Å². The first-order chi connectivity index (χ1) is 27.4. The van der Waals surface area contributed by atoms with Gasteiger partial charge < -0.3 is 9.80 Å². The molecule has 278 valence electrons. The summed E-state index contributed by atoms with van der Waals surface area (Å²) in [6.07, 6.45) is 7.41. The molecule has 56 heavy (non-hydrogen) atoms. The zero-order valence-corrected chi connectivity index (χ0v) is 33.3. The lowest BCUT2D eigenvalue weighted by atomic mass is 9.86. The van der Waals surface area contributed by atoms with Crippen LogP contribution >= 0.6 is 0 Å². The molecule has 1 aliphatic heterocycles. The summed E-state index contributed by atoms with van der Waals surface area (Å²) in [5.74, 6) is 0. The van der Waals surface area contributed by atoms with E-state index < -0.39 is 0 Å². The van der Waals surface area contributed by atoms with Crippen molar-refractivity contribution in [3.05, 3.63) is 203 Å². The van der Waals surface area contributed by atoms with Crippen molar-refractivity contribution < 1.29 is 0 Å². The summed E-state index contributed by atoms with van der Waals surface area (Å²) in [5.41, 5.74) is 16.0. The summed E-state index contributed by atoms with van der Waals surface area (Å²) in [6.45, 7) is 12.8. The maximum Gasteiger partial charge on any atom is 0.0686 e. The van der Waals surface area contributed by atoms with Crippen molar-refractivity contribution in [1.82, 2.24) is 5.32 Å². The van der Waals surface area contributed by atoms with Crippen molar-refractivity contribution in [3.63, 3.8) is 0 Å². The fraction of sp³-hybridized carbons (Fsp3) is 0.170. The van der Waals surface area contributed by atoms with Crippen LogP contribution in [0.15, 0.2) is 164 Å². The highest BCUT2D eigenvalue weighted by atomic mass is 15.2. The molecule has 0 saturated heterocycles. The highest BCUT2D eigenvalue weighted by Crippen LogP contribution is 2.45. The molecule has 8 rings (SSSR count). The van der Waals surface area contributed by atoms with Gasteiger partial charge in [0.25, 0.3) is 0 Å². The zero-order chi connectivity index (χ0) is 38.8. The highest BCUT2D eigenvalue weighted by Gasteiger charge is 2.25. The molecule has 0 saturated carbocycles. The topological polar surface area (TPSA) is 18.5 Å². The quantitative estimate of drug-likeness (QED) is 0.0998.